The van der Waals surface area contributed by atoms with E-state index in [1.54, 1.807) is 0 Å². The van der Waals surface area contributed by atoms with Crippen molar-refractivity contribution >= 4 is 27.3 Å². The third-order valence-electron chi connectivity index (χ3n) is 2.45. The number of thiazole rings is 1. The van der Waals surface area contributed by atoms with Gasteiger partial charge in [-0.3, -0.25) is 4.98 Å². The summed E-state index contributed by atoms with van der Waals surface area (Å²) < 4.78 is 51.2. The van der Waals surface area contributed by atoms with Crippen LogP contribution in [0.1, 0.15) is 17.7 Å². The van der Waals surface area contributed by atoms with Crippen LogP contribution in [0.5, 0.6) is 0 Å². The monoisotopic (exact) mass is 354 g/mol. The summed E-state index contributed by atoms with van der Waals surface area (Å²) in [6.07, 6.45) is -1.96. The van der Waals surface area contributed by atoms with E-state index in [2.05, 4.69) is 25.9 Å². The van der Waals surface area contributed by atoms with Crippen LogP contribution in [0.2, 0.25) is 0 Å². The second-order valence-corrected chi connectivity index (χ2v) is 5.61. The van der Waals surface area contributed by atoms with Crippen molar-refractivity contribution in [3.8, 4) is 10.6 Å². The molecule has 0 aliphatic heterocycles. The van der Waals surface area contributed by atoms with Crippen molar-refractivity contribution in [1.29, 1.82) is 0 Å². The van der Waals surface area contributed by atoms with E-state index in [0.29, 0.717) is 10.6 Å². The maximum atomic E-state index is 13.0. The smallest absolute Gasteiger partial charge is 0.261 e. The average Bonchev–Trinajstić information content (AvgIpc) is 2.69. The first kappa shape index (κ1) is 14.4. The van der Waals surface area contributed by atoms with Crippen molar-refractivity contribution < 1.29 is 17.6 Å². The molecule has 102 valence electrons. The SMILES string of the molecule is CC(c1sc(-c2cncc(F)c2)nc1Br)C(F)(F)F. The molecule has 2 aromatic rings. The summed E-state index contributed by atoms with van der Waals surface area (Å²) in [5.41, 5.74) is 0.353. The highest BCUT2D eigenvalue weighted by molar-refractivity contribution is 9.10. The average molecular weight is 355 g/mol. The van der Waals surface area contributed by atoms with Crippen LogP contribution < -0.4 is 0 Å². The summed E-state index contributed by atoms with van der Waals surface area (Å²) in [6, 6.07) is 1.18. The Morgan fingerprint density at radius 1 is 1.32 bits per heavy atom. The molecule has 0 amide bonds. The number of hydrogen-bond acceptors (Lipinski definition) is 3. The zero-order valence-corrected chi connectivity index (χ0v) is 11.9. The standard InChI is InChI=1S/C11H7BrF4N2S/c1-5(11(14,15)16)8-9(12)18-10(19-8)6-2-7(13)4-17-3-6/h2-5H,1H3. The molecule has 0 bridgehead atoms. The van der Waals surface area contributed by atoms with E-state index in [9.17, 15) is 17.6 Å². The van der Waals surface area contributed by atoms with Gasteiger partial charge in [0.05, 0.1) is 17.0 Å². The van der Waals surface area contributed by atoms with Crippen LogP contribution in [0.15, 0.2) is 23.1 Å². The molecule has 0 aromatic carbocycles. The van der Waals surface area contributed by atoms with Gasteiger partial charge < -0.3 is 0 Å². The fraction of sp³-hybridized carbons (Fsp3) is 0.273. The second kappa shape index (κ2) is 5.16. The normalized spacial score (nSPS) is 13.6. The Balaban J connectivity index is 2.42. The third kappa shape index (κ3) is 3.11. The molecule has 1 unspecified atom stereocenters. The van der Waals surface area contributed by atoms with Crippen LogP contribution in [-0.4, -0.2) is 16.1 Å². The lowest BCUT2D eigenvalue weighted by Crippen LogP contribution is -2.16. The molecular formula is C11H7BrF4N2S. The minimum Gasteiger partial charge on any atom is -0.261 e. The van der Waals surface area contributed by atoms with E-state index in [-0.39, 0.29) is 9.48 Å². The Bertz CT molecular complexity index is 597. The highest BCUT2D eigenvalue weighted by Crippen LogP contribution is 2.42. The predicted molar refractivity (Wildman–Crippen MR) is 67.5 cm³/mol. The zero-order valence-electron chi connectivity index (χ0n) is 9.50. The van der Waals surface area contributed by atoms with E-state index in [1.165, 1.54) is 12.3 Å². The molecule has 0 saturated carbocycles. The molecule has 0 fully saturated rings. The van der Waals surface area contributed by atoms with Gasteiger partial charge in [0.25, 0.3) is 0 Å². The van der Waals surface area contributed by atoms with Crippen LogP contribution in [0.4, 0.5) is 17.6 Å². The molecule has 2 heterocycles. The van der Waals surface area contributed by atoms with Gasteiger partial charge in [0.1, 0.15) is 15.4 Å². The van der Waals surface area contributed by atoms with Crippen LogP contribution in [0.25, 0.3) is 10.6 Å². The third-order valence-corrected chi connectivity index (χ3v) is 4.60. The highest BCUT2D eigenvalue weighted by Gasteiger charge is 2.39. The van der Waals surface area contributed by atoms with Crippen molar-refractivity contribution in [2.45, 2.75) is 19.0 Å². The molecule has 2 rings (SSSR count). The van der Waals surface area contributed by atoms with Gasteiger partial charge in [-0.2, -0.15) is 13.2 Å². The van der Waals surface area contributed by atoms with Crippen molar-refractivity contribution in [3.05, 3.63) is 33.8 Å². The van der Waals surface area contributed by atoms with Crippen molar-refractivity contribution in [2.75, 3.05) is 0 Å². The summed E-state index contributed by atoms with van der Waals surface area (Å²) in [6.45, 7) is 1.06. The number of hydrogen-bond donors (Lipinski definition) is 0. The molecular weight excluding hydrogens is 348 g/mol. The van der Waals surface area contributed by atoms with Crippen molar-refractivity contribution in [3.63, 3.8) is 0 Å². The first-order valence-corrected chi connectivity index (χ1v) is 6.74. The van der Waals surface area contributed by atoms with Crippen molar-refractivity contribution in [2.24, 2.45) is 0 Å². The second-order valence-electron chi connectivity index (χ2n) is 3.83. The predicted octanol–water partition coefficient (Wildman–Crippen LogP) is 4.77. The molecule has 0 aliphatic carbocycles. The molecule has 0 radical (unpaired) electrons. The fourth-order valence-corrected chi connectivity index (χ4v) is 3.28. The first-order valence-electron chi connectivity index (χ1n) is 5.13. The van der Waals surface area contributed by atoms with E-state index >= 15 is 0 Å². The zero-order chi connectivity index (χ0) is 14.2. The maximum Gasteiger partial charge on any atom is 0.396 e. The quantitative estimate of drug-likeness (QED) is 0.725. The van der Waals surface area contributed by atoms with E-state index in [0.717, 1.165) is 24.5 Å². The maximum absolute atomic E-state index is 13.0. The molecule has 0 aliphatic rings. The number of alkyl halides is 3. The van der Waals surface area contributed by atoms with Gasteiger partial charge in [-0.25, -0.2) is 9.37 Å². The number of halogens is 5. The van der Waals surface area contributed by atoms with Crippen LogP contribution in [-0.2, 0) is 0 Å². The summed E-state index contributed by atoms with van der Waals surface area (Å²) in [4.78, 5) is 7.69. The summed E-state index contributed by atoms with van der Waals surface area (Å²) in [5, 5.41) is 0.296. The molecule has 0 N–H and O–H groups in total. The summed E-state index contributed by atoms with van der Waals surface area (Å²) >= 11 is 3.88. The summed E-state index contributed by atoms with van der Waals surface area (Å²) in [5.74, 6) is -2.19. The molecule has 2 nitrogen and oxygen atoms in total. The van der Waals surface area contributed by atoms with E-state index in [1.807, 2.05) is 0 Å². The molecule has 0 saturated heterocycles. The van der Waals surface area contributed by atoms with Gasteiger partial charge >= 0.3 is 6.18 Å². The highest BCUT2D eigenvalue weighted by atomic mass is 79.9. The van der Waals surface area contributed by atoms with Gasteiger partial charge in [0, 0.05) is 11.8 Å². The van der Waals surface area contributed by atoms with Gasteiger partial charge in [-0.1, -0.05) is 0 Å². The van der Waals surface area contributed by atoms with Gasteiger partial charge in [0.15, 0.2) is 0 Å². The number of pyridine rings is 1. The first-order chi connectivity index (χ1) is 8.79. The van der Waals surface area contributed by atoms with Crippen molar-refractivity contribution in [1.82, 2.24) is 9.97 Å². The van der Waals surface area contributed by atoms with Crippen LogP contribution in [0, 0.1) is 5.82 Å². The van der Waals surface area contributed by atoms with E-state index in [4.69, 9.17) is 0 Å². The van der Waals surface area contributed by atoms with E-state index < -0.39 is 17.9 Å². The van der Waals surface area contributed by atoms with Gasteiger partial charge in [0.2, 0.25) is 0 Å². The number of nitrogens with zero attached hydrogens (tertiary/aromatic N) is 2. The van der Waals surface area contributed by atoms with Gasteiger partial charge in [-0.05, 0) is 28.9 Å². The molecule has 2 aromatic heterocycles. The number of aromatic nitrogens is 2. The molecule has 19 heavy (non-hydrogen) atoms. The fourth-order valence-electron chi connectivity index (χ4n) is 1.38. The lowest BCUT2D eigenvalue weighted by Gasteiger charge is -2.13. The minimum atomic E-state index is -4.34. The topological polar surface area (TPSA) is 25.8 Å². The largest absolute Gasteiger partial charge is 0.396 e. The lowest BCUT2D eigenvalue weighted by atomic mass is 10.1. The molecule has 1 atom stereocenters. The molecule has 8 heteroatoms. The Morgan fingerprint density at radius 2 is 2.00 bits per heavy atom. The number of rotatable bonds is 2. The Kier molecular flexibility index (Phi) is 3.91. The molecule has 0 spiro atoms. The Morgan fingerprint density at radius 3 is 2.58 bits per heavy atom. The summed E-state index contributed by atoms with van der Waals surface area (Å²) in [7, 11) is 0. The van der Waals surface area contributed by atoms with Crippen LogP contribution >= 0.6 is 27.3 Å². The minimum absolute atomic E-state index is 0.0618. The lowest BCUT2D eigenvalue weighted by molar-refractivity contribution is -0.145. The Hall–Kier alpha value is -1.02. The van der Waals surface area contributed by atoms with Crippen LogP contribution in [0.3, 0.4) is 0 Å². The Labute approximate surface area is 118 Å². The van der Waals surface area contributed by atoms with Gasteiger partial charge in [-0.15, -0.1) is 11.3 Å².